The van der Waals surface area contributed by atoms with Crippen LogP contribution in [0.1, 0.15) is 19.6 Å². The smallest absolute Gasteiger partial charge is 0.427 e. The van der Waals surface area contributed by atoms with Crippen molar-refractivity contribution in [3.63, 3.8) is 0 Å². The Balaban J connectivity index is 2.42. The molecule has 0 saturated carbocycles. The van der Waals surface area contributed by atoms with Crippen LogP contribution >= 0.6 is 0 Å². The maximum absolute atomic E-state index is 10.9. The monoisotopic (exact) mass is 222 g/mol. The molecule has 5 heteroatoms. The standard InChI is InChI=1S/C11H14N2O3/c1-3-15-11(14)13-12-9(2)6-7-10-5-4-8-16-10/h4-8H,3H2,1-2H3,(H,13,14)/b7-6+,12-9-. The highest BCUT2D eigenvalue weighted by Crippen LogP contribution is 2.02. The third-order valence-electron chi connectivity index (χ3n) is 1.63. The third kappa shape index (κ3) is 4.45. The summed E-state index contributed by atoms with van der Waals surface area (Å²) in [6.07, 6.45) is 4.51. The second kappa shape index (κ2) is 6.44. The molecular weight excluding hydrogens is 208 g/mol. The fourth-order valence-corrected chi connectivity index (χ4v) is 0.923. The predicted molar refractivity (Wildman–Crippen MR) is 61.0 cm³/mol. The summed E-state index contributed by atoms with van der Waals surface area (Å²) in [5, 5.41) is 3.81. The van der Waals surface area contributed by atoms with Crippen LogP contribution in [0.25, 0.3) is 6.08 Å². The van der Waals surface area contributed by atoms with E-state index >= 15 is 0 Å². The van der Waals surface area contributed by atoms with E-state index < -0.39 is 6.09 Å². The van der Waals surface area contributed by atoms with Gasteiger partial charge in [0.15, 0.2) is 0 Å². The Kier molecular flexibility index (Phi) is 4.85. The van der Waals surface area contributed by atoms with Crippen LogP contribution in [0.5, 0.6) is 0 Å². The van der Waals surface area contributed by atoms with E-state index in [1.807, 2.05) is 6.07 Å². The molecule has 0 aliphatic carbocycles. The van der Waals surface area contributed by atoms with Crippen LogP contribution < -0.4 is 5.43 Å². The molecule has 1 aromatic heterocycles. The molecule has 0 aliphatic rings. The summed E-state index contributed by atoms with van der Waals surface area (Å²) < 4.78 is 9.74. The number of carbonyl (C=O) groups excluding carboxylic acids is 1. The molecule has 0 bridgehead atoms. The van der Waals surface area contributed by atoms with E-state index in [2.05, 4.69) is 15.3 Å². The Bertz CT molecular complexity index is 380. The first-order valence-electron chi connectivity index (χ1n) is 4.91. The maximum Gasteiger partial charge on any atom is 0.427 e. The molecule has 1 amide bonds. The van der Waals surface area contributed by atoms with Crippen LogP contribution in [0.3, 0.4) is 0 Å². The van der Waals surface area contributed by atoms with Crippen molar-refractivity contribution in [1.82, 2.24) is 5.43 Å². The lowest BCUT2D eigenvalue weighted by atomic mass is 10.3. The highest BCUT2D eigenvalue weighted by molar-refractivity contribution is 5.96. The van der Waals surface area contributed by atoms with Crippen LogP contribution in [0.15, 0.2) is 34.0 Å². The normalized spacial score (nSPS) is 11.8. The van der Waals surface area contributed by atoms with E-state index in [-0.39, 0.29) is 0 Å². The minimum Gasteiger partial charge on any atom is -0.465 e. The summed E-state index contributed by atoms with van der Waals surface area (Å²) in [4.78, 5) is 10.9. The molecule has 16 heavy (non-hydrogen) atoms. The van der Waals surface area contributed by atoms with Crippen molar-refractivity contribution in [2.75, 3.05) is 6.61 Å². The van der Waals surface area contributed by atoms with Gasteiger partial charge < -0.3 is 9.15 Å². The quantitative estimate of drug-likeness (QED) is 0.628. The zero-order chi connectivity index (χ0) is 11.8. The topological polar surface area (TPSA) is 63.8 Å². The number of ether oxygens (including phenoxy) is 1. The predicted octanol–water partition coefficient (Wildman–Crippen LogP) is 2.41. The fourth-order valence-electron chi connectivity index (χ4n) is 0.923. The van der Waals surface area contributed by atoms with Crippen LogP contribution in [-0.2, 0) is 4.74 Å². The average Bonchev–Trinajstić information content (AvgIpc) is 2.77. The molecule has 0 atom stereocenters. The number of amides is 1. The lowest BCUT2D eigenvalue weighted by molar-refractivity contribution is 0.152. The van der Waals surface area contributed by atoms with Crippen molar-refractivity contribution in [2.45, 2.75) is 13.8 Å². The number of furan rings is 1. The number of hydrogen-bond acceptors (Lipinski definition) is 4. The lowest BCUT2D eigenvalue weighted by Gasteiger charge is -1.99. The highest BCUT2D eigenvalue weighted by atomic mass is 16.5. The van der Waals surface area contributed by atoms with Crippen LogP contribution in [0, 0.1) is 0 Å². The van der Waals surface area contributed by atoms with Gasteiger partial charge in [-0.05, 0) is 38.1 Å². The Hall–Kier alpha value is -2.04. The number of carbonyl (C=O) groups is 1. The van der Waals surface area contributed by atoms with Gasteiger partial charge in [-0.25, -0.2) is 10.2 Å². The maximum atomic E-state index is 10.9. The number of allylic oxidation sites excluding steroid dienone is 1. The molecule has 1 aromatic rings. The van der Waals surface area contributed by atoms with Crippen molar-refractivity contribution < 1.29 is 13.9 Å². The average molecular weight is 222 g/mol. The van der Waals surface area contributed by atoms with Gasteiger partial charge in [-0.15, -0.1) is 0 Å². The van der Waals surface area contributed by atoms with Crippen molar-refractivity contribution in [3.8, 4) is 0 Å². The van der Waals surface area contributed by atoms with Gasteiger partial charge >= 0.3 is 6.09 Å². The number of hydrogen-bond donors (Lipinski definition) is 1. The van der Waals surface area contributed by atoms with E-state index in [0.717, 1.165) is 5.76 Å². The largest absolute Gasteiger partial charge is 0.465 e. The summed E-state index contributed by atoms with van der Waals surface area (Å²) >= 11 is 0. The van der Waals surface area contributed by atoms with Crippen molar-refractivity contribution in [2.24, 2.45) is 5.10 Å². The highest BCUT2D eigenvalue weighted by Gasteiger charge is 1.96. The molecule has 5 nitrogen and oxygen atoms in total. The van der Waals surface area contributed by atoms with Gasteiger partial charge in [-0.1, -0.05) is 0 Å². The number of nitrogens with zero attached hydrogens (tertiary/aromatic N) is 1. The van der Waals surface area contributed by atoms with E-state index in [1.54, 1.807) is 38.3 Å². The summed E-state index contributed by atoms with van der Waals surface area (Å²) in [6, 6.07) is 3.62. The molecule has 86 valence electrons. The number of rotatable bonds is 4. The van der Waals surface area contributed by atoms with Crippen molar-refractivity contribution >= 4 is 17.9 Å². The second-order valence-corrected chi connectivity index (χ2v) is 2.93. The molecule has 0 aliphatic heterocycles. The van der Waals surface area contributed by atoms with Gasteiger partial charge in [-0.2, -0.15) is 5.10 Å². The van der Waals surface area contributed by atoms with Gasteiger partial charge in [0.1, 0.15) is 5.76 Å². The van der Waals surface area contributed by atoms with Gasteiger partial charge in [0.05, 0.1) is 18.6 Å². The summed E-state index contributed by atoms with van der Waals surface area (Å²) in [7, 11) is 0. The van der Waals surface area contributed by atoms with Gasteiger partial charge in [-0.3, -0.25) is 0 Å². The van der Waals surface area contributed by atoms with E-state index in [9.17, 15) is 4.79 Å². The van der Waals surface area contributed by atoms with Crippen molar-refractivity contribution in [3.05, 3.63) is 30.2 Å². The van der Waals surface area contributed by atoms with Crippen LogP contribution in [-0.4, -0.2) is 18.4 Å². The minimum absolute atomic E-state index is 0.322. The minimum atomic E-state index is -0.562. The first-order valence-corrected chi connectivity index (χ1v) is 4.91. The molecule has 0 saturated heterocycles. The van der Waals surface area contributed by atoms with Gasteiger partial charge in [0, 0.05) is 0 Å². The molecule has 0 aromatic carbocycles. The van der Waals surface area contributed by atoms with Crippen molar-refractivity contribution in [1.29, 1.82) is 0 Å². The Labute approximate surface area is 93.8 Å². The Morgan fingerprint density at radius 3 is 3.12 bits per heavy atom. The third-order valence-corrected chi connectivity index (χ3v) is 1.63. The van der Waals surface area contributed by atoms with Crippen LogP contribution in [0.4, 0.5) is 4.79 Å². The van der Waals surface area contributed by atoms with Gasteiger partial charge in [0.25, 0.3) is 0 Å². The zero-order valence-electron chi connectivity index (χ0n) is 9.27. The van der Waals surface area contributed by atoms with E-state index in [1.165, 1.54) is 0 Å². The first kappa shape index (κ1) is 12.0. The van der Waals surface area contributed by atoms with Gasteiger partial charge in [0.2, 0.25) is 0 Å². The van der Waals surface area contributed by atoms with E-state index in [4.69, 9.17) is 4.42 Å². The lowest BCUT2D eigenvalue weighted by Crippen LogP contribution is -2.19. The molecule has 0 spiro atoms. The molecule has 1 heterocycles. The summed E-state index contributed by atoms with van der Waals surface area (Å²) in [5.41, 5.74) is 2.90. The zero-order valence-corrected chi connectivity index (χ0v) is 9.27. The molecule has 0 radical (unpaired) electrons. The van der Waals surface area contributed by atoms with E-state index in [0.29, 0.717) is 12.3 Å². The molecule has 0 unspecified atom stereocenters. The Morgan fingerprint density at radius 1 is 1.69 bits per heavy atom. The first-order chi connectivity index (χ1) is 7.72. The Morgan fingerprint density at radius 2 is 2.50 bits per heavy atom. The number of nitrogens with one attached hydrogen (secondary N) is 1. The molecular formula is C11H14N2O3. The SMILES string of the molecule is CCOC(=O)N/N=C(C)\C=C\c1ccco1. The second-order valence-electron chi connectivity index (χ2n) is 2.93. The molecule has 1 rings (SSSR count). The summed E-state index contributed by atoms with van der Waals surface area (Å²) in [5.74, 6) is 0.727. The summed E-state index contributed by atoms with van der Waals surface area (Å²) in [6.45, 7) is 3.81. The van der Waals surface area contributed by atoms with Crippen LogP contribution in [0.2, 0.25) is 0 Å². The number of hydrazone groups is 1. The molecule has 0 fully saturated rings. The fraction of sp³-hybridized carbons (Fsp3) is 0.273. The molecule has 1 N–H and O–H groups in total.